The highest BCUT2D eigenvalue weighted by atomic mass is 16.1. The standard InChI is InChI=1S/C10H19N3O/c1-13-5-4-10(7-13,9(11)14)12-6-8-2-3-8/h8,12H,2-7H2,1H3,(H2,11,14). The minimum absolute atomic E-state index is 0.192. The lowest BCUT2D eigenvalue weighted by atomic mass is 9.97. The second-order valence-electron chi connectivity index (χ2n) is 4.76. The number of nitrogens with two attached hydrogens (primary N) is 1. The van der Waals surface area contributed by atoms with Crippen molar-refractivity contribution in [3.63, 3.8) is 0 Å². The van der Waals surface area contributed by atoms with Gasteiger partial charge in [-0.15, -0.1) is 0 Å². The van der Waals surface area contributed by atoms with E-state index < -0.39 is 5.54 Å². The van der Waals surface area contributed by atoms with Gasteiger partial charge in [-0.2, -0.15) is 0 Å². The Labute approximate surface area is 84.8 Å². The predicted octanol–water partition coefficient (Wildman–Crippen LogP) is -0.454. The van der Waals surface area contributed by atoms with E-state index in [2.05, 4.69) is 10.2 Å². The third-order valence-electron chi connectivity index (χ3n) is 3.36. The molecule has 1 saturated carbocycles. The summed E-state index contributed by atoms with van der Waals surface area (Å²) in [5, 5.41) is 3.37. The number of rotatable bonds is 4. The van der Waals surface area contributed by atoms with Gasteiger partial charge in [0.25, 0.3) is 0 Å². The molecule has 1 aliphatic heterocycles. The number of primary amides is 1. The Balaban J connectivity index is 1.94. The highest BCUT2D eigenvalue weighted by molar-refractivity contribution is 5.85. The van der Waals surface area contributed by atoms with Gasteiger partial charge in [-0.3, -0.25) is 4.79 Å². The van der Waals surface area contributed by atoms with E-state index in [0.717, 1.165) is 32.0 Å². The van der Waals surface area contributed by atoms with E-state index in [1.54, 1.807) is 0 Å². The summed E-state index contributed by atoms with van der Waals surface area (Å²) < 4.78 is 0. The van der Waals surface area contributed by atoms with Gasteiger partial charge in [0.1, 0.15) is 5.54 Å². The van der Waals surface area contributed by atoms with Crippen LogP contribution in [0, 0.1) is 5.92 Å². The van der Waals surface area contributed by atoms with Gasteiger partial charge in [-0.25, -0.2) is 0 Å². The zero-order valence-electron chi connectivity index (χ0n) is 8.75. The fraction of sp³-hybridized carbons (Fsp3) is 0.900. The molecule has 0 aromatic rings. The molecule has 1 saturated heterocycles. The van der Waals surface area contributed by atoms with E-state index in [0.29, 0.717) is 0 Å². The summed E-state index contributed by atoms with van der Waals surface area (Å²) in [5.74, 6) is 0.597. The van der Waals surface area contributed by atoms with Crippen molar-refractivity contribution in [2.75, 3.05) is 26.7 Å². The van der Waals surface area contributed by atoms with E-state index >= 15 is 0 Å². The number of hydrogen-bond donors (Lipinski definition) is 2. The highest BCUT2D eigenvalue weighted by Crippen LogP contribution is 2.29. The molecule has 0 aromatic heterocycles. The minimum Gasteiger partial charge on any atom is -0.368 e. The zero-order valence-corrected chi connectivity index (χ0v) is 8.75. The molecule has 2 rings (SSSR count). The fourth-order valence-corrected chi connectivity index (χ4v) is 2.09. The van der Waals surface area contributed by atoms with Crippen molar-refractivity contribution < 1.29 is 4.79 Å². The van der Waals surface area contributed by atoms with Crippen LogP contribution in [0.5, 0.6) is 0 Å². The Morgan fingerprint density at radius 3 is 2.79 bits per heavy atom. The third kappa shape index (κ3) is 1.91. The normalized spacial score (nSPS) is 33.5. The maximum atomic E-state index is 11.4. The van der Waals surface area contributed by atoms with Crippen molar-refractivity contribution in [2.24, 2.45) is 11.7 Å². The molecule has 3 N–H and O–H groups in total. The van der Waals surface area contributed by atoms with Gasteiger partial charge in [-0.05, 0) is 38.8 Å². The molecule has 1 amide bonds. The van der Waals surface area contributed by atoms with Gasteiger partial charge in [0.05, 0.1) is 0 Å². The molecular formula is C10H19N3O. The van der Waals surface area contributed by atoms with E-state index in [-0.39, 0.29) is 5.91 Å². The molecule has 14 heavy (non-hydrogen) atoms. The molecule has 1 unspecified atom stereocenters. The molecule has 1 aliphatic carbocycles. The molecule has 4 nitrogen and oxygen atoms in total. The van der Waals surface area contributed by atoms with Gasteiger partial charge in [0.15, 0.2) is 0 Å². The molecule has 0 radical (unpaired) electrons. The van der Waals surface area contributed by atoms with Crippen molar-refractivity contribution in [1.29, 1.82) is 0 Å². The number of carbonyl (C=O) groups is 1. The number of likely N-dealkylation sites (tertiary alicyclic amines) is 1. The summed E-state index contributed by atoms with van der Waals surface area (Å²) in [5.41, 5.74) is 5.03. The molecule has 4 heteroatoms. The number of carbonyl (C=O) groups excluding carboxylic acids is 1. The number of nitrogens with one attached hydrogen (secondary N) is 1. The first-order valence-electron chi connectivity index (χ1n) is 5.36. The van der Waals surface area contributed by atoms with E-state index in [1.165, 1.54) is 12.8 Å². The van der Waals surface area contributed by atoms with Crippen molar-refractivity contribution in [1.82, 2.24) is 10.2 Å². The maximum absolute atomic E-state index is 11.4. The van der Waals surface area contributed by atoms with Gasteiger partial charge in [-0.1, -0.05) is 0 Å². The Morgan fingerprint density at radius 2 is 2.36 bits per heavy atom. The molecule has 0 aromatic carbocycles. The first kappa shape index (κ1) is 9.93. The molecular weight excluding hydrogens is 178 g/mol. The lowest BCUT2D eigenvalue weighted by molar-refractivity contribution is -0.124. The Morgan fingerprint density at radius 1 is 1.64 bits per heavy atom. The third-order valence-corrected chi connectivity index (χ3v) is 3.36. The number of hydrogen-bond acceptors (Lipinski definition) is 3. The topological polar surface area (TPSA) is 58.4 Å². The molecule has 2 fully saturated rings. The second kappa shape index (κ2) is 3.51. The number of nitrogens with zero attached hydrogens (tertiary/aromatic N) is 1. The SMILES string of the molecule is CN1CCC(NCC2CC2)(C(N)=O)C1. The lowest BCUT2D eigenvalue weighted by Crippen LogP contribution is -2.57. The second-order valence-corrected chi connectivity index (χ2v) is 4.76. The zero-order chi connectivity index (χ0) is 10.2. The van der Waals surface area contributed by atoms with Crippen LogP contribution in [0.1, 0.15) is 19.3 Å². The first-order valence-corrected chi connectivity index (χ1v) is 5.36. The maximum Gasteiger partial charge on any atom is 0.239 e. The highest BCUT2D eigenvalue weighted by Gasteiger charge is 2.42. The average Bonchev–Trinajstić information content (AvgIpc) is 2.87. The van der Waals surface area contributed by atoms with Gasteiger partial charge in [0, 0.05) is 13.1 Å². The summed E-state index contributed by atoms with van der Waals surface area (Å²) in [7, 11) is 2.03. The van der Waals surface area contributed by atoms with E-state index in [9.17, 15) is 4.79 Å². The molecule has 0 spiro atoms. The van der Waals surface area contributed by atoms with Crippen LogP contribution in [0.2, 0.25) is 0 Å². The van der Waals surface area contributed by atoms with Gasteiger partial charge in [0.2, 0.25) is 5.91 Å². The summed E-state index contributed by atoms with van der Waals surface area (Å²) in [6.45, 7) is 2.67. The Kier molecular flexibility index (Phi) is 2.49. The van der Waals surface area contributed by atoms with E-state index in [1.807, 2.05) is 7.05 Å². The molecule has 0 bridgehead atoms. The fourth-order valence-electron chi connectivity index (χ4n) is 2.09. The van der Waals surface area contributed by atoms with E-state index in [4.69, 9.17) is 5.73 Å². The molecule has 1 atom stereocenters. The van der Waals surface area contributed by atoms with Crippen LogP contribution < -0.4 is 11.1 Å². The quantitative estimate of drug-likeness (QED) is 0.641. The lowest BCUT2D eigenvalue weighted by Gasteiger charge is -2.26. The summed E-state index contributed by atoms with van der Waals surface area (Å²) in [6.07, 6.45) is 3.46. The van der Waals surface area contributed by atoms with Crippen molar-refractivity contribution in [3.05, 3.63) is 0 Å². The van der Waals surface area contributed by atoms with Crippen LogP contribution >= 0.6 is 0 Å². The van der Waals surface area contributed by atoms with Crippen molar-refractivity contribution >= 4 is 5.91 Å². The summed E-state index contributed by atoms with van der Waals surface area (Å²) in [6, 6.07) is 0. The smallest absolute Gasteiger partial charge is 0.239 e. The minimum atomic E-state index is -0.447. The summed E-state index contributed by atoms with van der Waals surface area (Å²) in [4.78, 5) is 13.6. The first-order chi connectivity index (χ1) is 6.62. The van der Waals surface area contributed by atoms with Crippen LogP contribution in [0.15, 0.2) is 0 Å². The summed E-state index contributed by atoms with van der Waals surface area (Å²) >= 11 is 0. The predicted molar refractivity (Wildman–Crippen MR) is 54.8 cm³/mol. The van der Waals surface area contributed by atoms with Crippen LogP contribution in [0.25, 0.3) is 0 Å². The molecule has 80 valence electrons. The Hall–Kier alpha value is -0.610. The largest absolute Gasteiger partial charge is 0.368 e. The number of amides is 1. The van der Waals surface area contributed by atoms with Gasteiger partial charge >= 0.3 is 0 Å². The van der Waals surface area contributed by atoms with Crippen LogP contribution in [0.4, 0.5) is 0 Å². The average molecular weight is 197 g/mol. The number of likely N-dealkylation sites (N-methyl/N-ethyl adjacent to an activating group) is 1. The molecule has 1 heterocycles. The van der Waals surface area contributed by atoms with Crippen LogP contribution in [-0.4, -0.2) is 43.0 Å². The van der Waals surface area contributed by atoms with Gasteiger partial charge < -0.3 is 16.0 Å². The monoisotopic (exact) mass is 197 g/mol. The van der Waals surface area contributed by atoms with Crippen molar-refractivity contribution in [3.8, 4) is 0 Å². The van der Waals surface area contributed by atoms with Crippen LogP contribution in [0.3, 0.4) is 0 Å². The van der Waals surface area contributed by atoms with Crippen LogP contribution in [-0.2, 0) is 4.79 Å². The Bertz CT molecular complexity index is 240. The molecule has 2 aliphatic rings. The van der Waals surface area contributed by atoms with Crippen molar-refractivity contribution in [2.45, 2.75) is 24.8 Å².